The number of fused-ring (bicyclic) bond motifs is 1. The van der Waals surface area contributed by atoms with Crippen LogP contribution in [0.1, 0.15) is 46.3 Å². The molecule has 9 nitrogen and oxygen atoms in total. The first-order valence-corrected chi connectivity index (χ1v) is 10.4. The van der Waals surface area contributed by atoms with Gasteiger partial charge in [0.25, 0.3) is 5.91 Å². The maximum absolute atomic E-state index is 13.0. The van der Waals surface area contributed by atoms with Gasteiger partial charge in [0.1, 0.15) is 18.4 Å². The minimum absolute atomic E-state index is 0.194. The van der Waals surface area contributed by atoms with E-state index in [2.05, 4.69) is 10.6 Å². The number of hydrogen-bond donors (Lipinski definition) is 3. The van der Waals surface area contributed by atoms with Gasteiger partial charge in [0.15, 0.2) is 0 Å². The van der Waals surface area contributed by atoms with Crippen LogP contribution < -0.4 is 15.4 Å². The van der Waals surface area contributed by atoms with Crippen molar-refractivity contribution in [2.24, 2.45) is 0 Å². The molecule has 0 bridgehead atoms. The molecule has 0 spiro atoms. The van der Waals surface area contributed by atoms with Gasteiger partial charge >= 0.3 is 6.09 Å². The number of nitrogens with zero attached hydrogens (tertiary/aromatic N) is 1. The Morgan fingerprint density at radius 1 is 1.16 bits per heavy atom. The molecule has 2 aliphatic rings. The van der Waals surface area contributed by atoms with Crippen molar-refractivity contribution in [2.45, 2.75) is 45.0 Å². The van der Waals surface area contributed by atoms with Crippen molar-refractivity contribution < 1.29 is 29.0 Å². The number of rotatable bonds is 6. The van der Waals surface area contributed by atoms with Gasteiger partial charge < -0.3 is 20.1 Å². The van der Waals surface area contributed by atoms with Crippen LogP contribution in [0.4, 0.5) is 4.79 Å². The van der Waals surface area contributed by atoms with Gasteiger partial charge in [-0.05, 0) is 36.1 Å². The van der Waals surface area contributed by atoms with Crippen molar-refractivity contribution in [1.29, 1.82) is 0 Å². The molecule has 1 atom stereocenters. The first kappa shape index (κ1) is 21.4. The van der Waals surface area contributed by atoms with Crippen LogP contribution in [0, 0.1) is 0 Å². The average Bonchev–Trinajstić information content (AvgIpc) is 3.00. The molecule has 2 aromatic rings. The summed E-state index contributed by atoms with van der Waals surface area (Å²) in [5.74, 6) is -0.450. The summed E-state index contributed by atoms with van der Waals surface area (Å²) in [4.78, 5) is 49.2. The van der Waals surface area contributed by atoms with E-state index in [4.69, 9.17) is 9.84 Å². The lowest BCUT2D eigenvalue weighted by Gasteiger charge is -2.24. The SMILES string of the molecule is O=C(O)NCc1cccc(COc2cccc3c2CN(C2CCCC(=O)NC2=O)C3=O)c1. The third kappa shape index (κ3) is 4.56. The second kappa shape index (κ2) is 9.09. The molecule has 3 N–H and O–H groups in total. The fourth-order valence-electron chi connectivity index (χ4n) is 4.05. The van der Waals surface area contributed by atoms with Gasteiger partial charge in [-0.3, -0.25) is 19.7 Å². The normalized spacial score (nSPS) is 18.1. The molecule has 4 amide bonds. The summed E-state index contributed by atoms with van der Waals surface area (Å²) in [5.41, 5.74) is 2.87. The lowest BCUT2D eigenvalue weighted by molar-refractivity contribution is -0.132. The average molecular weight is 437 g/mol. The standard InChI is InChI=1S/C23H23N3O6/c27-20-9-3-7-18(21(28)25-20)26-12-17-16(22(26)29)6-2-8-19(17)32-13-15-5-1-4-14(10-15)11-24-23(30)31/h1-2,4-6,8,10,18,24H,3,7,9,11-13H2,(H,30,31)(H,25,27,28). The van der Waals surface area contributed by atoms with Gasteiger partial charge in [-0.25, -0.2) is 4.79 Å². The molecule has 0 saturated carbocycles. The maximum atomic E-state index is 13.0. The largest absolute Gasteiger partial charge is 0.489 e. The molecule has 1 saturated heterocycles. The van der Waals surface area contributed by atoms with Crippen molar-refractivity contribution in [3.05, 3.63) is 64.7 Å². The molecule has 1 fully saturated rings. The maximum Gasteiger partial charge on any atom is 0.404 e. The summed E-state index contributed by atoms with van der Waals surface area (Å²) in [5, 5.41) is 13.4. The van der Waals surface area contributed by atoms with Crippen molar-refractivity contribution in [2.75, 3.05) is 0 Å². The lowest BCUT2D eigenvalue weighted by atomic mass is 10.1. The predicted octanol–water partition coefficient (Wildman–Crippen LogP) is 2.18. The van der Waals surface area contributed by atoms with Gasteiger partial charge in [-0.1, -0.05) is 30.3 Å². The lowest BCUT2D eigenvalue weighted by Crippen LogP contribution is -2.46. The smallest absolute Gasteiger partial charge is 0.404 e. The van der Waals surface area contributed by atoms with E-state index in [0.717, 1.165) is 11.1 Å². The van der Waals surface area contributed by atoms with E-state index >= 15 is 0 Å². The molecule has 166 valence electrons. The summed E-state index contributed by atoms with van der Waals surface area (Å²) >= 11 is 0. The van der Waals surface area contributed by atoms with Crippen molar-refractivity contribution >= 4 is 23.8 Å². The van der Waals surface area contributed by atoms with Crippen LogP contribution in [0.2, 0.25) is 0 Å². The summed E-state index contributed by atoms with van der Waals surface area (Å²) < 4.78 is 6.00. The number of ether oxygens (including phenoxy) is 1. The zero-order chi connectivity index (χ0) is 22.7. The van der Waals surface area contributed by atoms with E-state index in [-0.39, 0.29) is 37.9 Å². The molecule has 1 unspecified atom stereocenters. The molecule has 2 heterocycles. The minimum atomic E-state index is -1.09. The second-order valence-corrected chi connectivity index (χ2v) is 7.80. The van der Waals surface area contributed by atoms with Gasteiger partial charge in [0.05, 0.1) is 6.54 Å². The van der Waals surface area contributed by atoms with Gasteiger partial charge in [-0.2, -0.15) is 0 Å². The Balaban J connectivity index is 1.48. The zero-order valence-electron chi connectivity index (χ0n) is 17.3. The number of carbonyl (C=O) groups is 4. The molecule has 0 aliphatic carbocycles. The van der Waals surface area contributed by atoms with E-state index < -0.39 is 18.0 Å². The third-order valence-electron chi connectivity index (χ3n) is 5.61. The molecule has 2 aromatic carbocycles. The molecular weight excluding hydrogens is 414 g/mol. The van der Waals surface area contributed by atoms with Crippen LogP contribution in [0.25, 0.3) is 0 Å². The summed E-state index contributed by atoms with van der Waals surface area (Å²) in [6, 6.07) is 11.9. The fourth-order valence-corrected chi connectivity index (χ4v) is 4.05. The van der Waals surface area contributed by atoms with E-state index in [1.807, 2.05) is 24.3 Å². The molecule has 32 heavy (non-hydrogen) atoms. The van der Waals surface area contributed by atoms with E-state index in [9.17, 15) is 19.2 Å². The van der Waals surface area contributed by atoms with Gasteiger partial charge in [0, 0.05) is 24.1 Å². The van der Waals surface area contributed by atoms with Gasteiger partial charge in [-0.15, -0.1) is 0 Å². The highest BCUT2D eigenvalue weighted by molar-refractivity contribution is 6.04. The van der Waals surface area contributed by atoms with Crippen molar-refractivity contribution in [3.63, 3.8) is 0 Å². The van der Waals surface area contributed by atoms with Gasteiger partial charge in [0.2, 0.25) is 11.8 Å². The molecule has 0 radical (unpaired) electrons. The number of imide groups is 1. The number of hydrogen-bond acceptors (Lipinski definition) is 5. The number of carboxylic acid groups (broad SMARTS) is 1. The Morgan fingerprint density at radius 3 is 2.75 bits per heavy atom. The quantitative estimate of drug-likeness (QED) is 0.595. The van der Waals surface area contributed by atoms with Crippen LogP contribution in [-0.2, 0) is 29.3 Å². The van der Waals surface area contributed by atoms with E-state index in [1.165, 1.54) is 4.90 Å². The van der Waals surface area contributed by atoms with E-state index in [0.29, 0.717) is 29.7 Å². The Hall–Kier alpha value is -3.88. The van der Waals surface area contributed by atoms with Crippen LogP contribution in [0.5, 0.6) is 5.75 Å². The Kier molecular flexibility index (Phi) is 6.07. The van der Waals surface area contributed by atoms with Crippen molar-refractivity contribution in [1.82, 2.24) is 15.5 Å². The monoisotopic (exact) mass is 437 g/mol. The second-order valence-electron chi connectivity index (χ2n) is 7.80. The third-order valence-corrected chi connectivity index (χ3v) is 5.61. The summed E-state index contributed by atoms with van der Waals surface area (Å²) in [6.45, 7) is 0.669. The summed E-state index contributed by atoms with van der Waals surface area (Å²) in [7, 11) is 0. The first-order chi connectivity index (χ1) is 15.4. The molecule has 0 aromatic heterocycles. The number of carbonyl (C=O) groups excluding carboxylic acids is 3. The highest BCUT2D eigenvalue weighted by Gasteiger charge is 2.39. The van der Waals surface area contributed by atoms with Crippen LogP contribution >= 0.6 is 0 Å². The van der Waals surface area contributed by atoms with Crippen LogP contribution in [0.3, 0.4) is 0 Å². The van der Waals surface area contributed by atoms with Crippen molar-refractivity contribution in [3.8, 4) is 5.75 Å². The highest BCUT2D eigenvalue weighted by atomic mass is 16.5. The molecule has 2 aliphatic heterocycles. The van der Waals surface area contributed by atoms with Crippen LogP contribution in [-0.4, -0.2) is 39.9 Å². The molecular formula is C23H23N3O6. The molecule has 4 rings (SSSR count). The highest BCUT2D eigenvalue weighted by Crippen LogP contribution is 2.33. The first-order valence-electron chi connectivity index (χ1n) is 10.4. The molecule has 9 heteroatoms. The van der Waals surface area contributed by atoms with E-state index in [1.54, 1.807) is 18.2 Å². The fraction of sp³-hybridized carbons (Fsp3) is 0.304. The Bertz CT molecular complexity index is 1080. The number of benzene rings is 2. The Labute approximate surface area is 184 Å². The minimum Gasteiger partial charge on any atom is -0.489 e. The summed E-state index contributed by atoms with van der Waals surface area (Å²) in [6.07, 6.45) is 0.156. The number of amides is 4. The predicted molar refractivity (Wildman–Crippen MR) is 113 cm³/mol. The Morgan fingerprint density at radius 2 is 1.94 bits per heavy atom. The number of nitrogens with one attached hydrogen (secondary N) is 2. The zero-order valence-corrected chi connectivity index (χ0v) is 17.3. The topological polar surface area (TPSA) is 125 Å². The van der Waals surface area contributed by atoms with Crippen LogP contribution in [0.15, 0.2) is 42.5 Å².